The first kappa shape index (κ1) is 17.3. The van der Waals surface area contributed by atoms with Crippen LogP contribution in [0, 0.1) is 11.8 Å². The van der Waals surface area contributed by atoms with E-state index in [1.807, 2.05) is 29.2 Å². The number of hydrogen-bond donors (Lipinski definition) is 0. The number of carbonyl (C=O) groups excluding carboxylic acids is 3. The normalized spacial score (nSPS) is 28.9. The van der Waals surface area contributed by atoms with Gasteiger partial charge in [-0.25, -0.2) is 4.90 Å². The number of halogens is 1. The minimum atomic E-state index is -0.664. The average molecular weight is 393 g/mol. The molecule has 0 N–H and O–H groups in total. The van der Waals surface area contributed by atoms with E-state index in [-0.39, 0.29) is 23.6 Å². The maximum atomic E-state index is 13.2. The van der Waals surface area contributed by atoms with E-state index in [0.717, 1.165) is 5.56 Å². The van der Waals surface area contributed by atoms with Crippen molar-refractivity contribution in [2.75, 3.05) is 4.90 Å². The molecule has 4 atom stereocenters. The number of hydrogen-bond acceptors (Lipinski definition) is 4. The maximum Gasteiger partial charge on any atom is 0.239 e. The molecule has 3 heterocycles. The van der Waals surface area contributed by atoms with Crippen LogP contribution in [-0.4, -0.2) is 34.6 Å². The predicted octanol–water partition coefficient (Wildman–Crippen LogP) is 2.84. The van der Waals surface area contributed by atoms with Crippen LogP contribution < -0.4 is 4.90 Å². The molecule has 2 amide bonds. The third kappa shape index (κ3) is 2.40. The molecule has 6 heteroatoms. The number of imide groups is 1. The number of rotatable bonds is 3. The van der Waals surface area contributed by atoms with Crippen LogP contribution in [0.5, 0.6) is 0 Å². The Kier molecular flexibility index (Phi) is 3.96. The Morgan fingerprint density at radius 1 is 0.857 bits per heavy atom. The van der Waals surface area contributed by atoms with Crippen molar-refractivity contribution in [2.45, 2.75) is 18.6 Å². The second kappa shape index (κ2) is 6.40. The molecule has 2 saturated heterocycles. The lowest BCUT2D eigenvalue weighted by atomic mass is 9.90. The van der Waals surface area contributed by atoms with E-state index >= 15 is 0 Å². The smallest absolute Gasteiger partial charge is 0.239 e. The highest BCUT2D eigenvalue weighted by atomic mass is 35.5. The Hall–Kier alpha value is -2.76. The number of anilines is 1. The van der Waals surface area contributed by atoms with Crippen molar-refractivity contribution in [3.8, 4) is 0 Å². The topological polar surface area (TPSA) is 57.7 Å². The van der Waals surface area contributed by atoms with E-state index in [0.29, 0.717) is 17.3 Å². The number of carbonyl (C=O) groups is 3. The van der Waals surface area contributed by atoms with Crippen molar-refractivity contribution in [3.05, 3.63) is 77.3 Å². The van der Waals surface area contributed by atoms with Crippen LogP contribution in [0.3, 0.4) is 0 Å². The second-order valence-corrected chi connectivity index (χ2v) is 7.77. The summed E-state index contributed by atoms with van der Waals surface area (Å²) in [5, 5.41) is 0.609. The Bertz CT molecular complexity index is 1020. The van der Waals surface area contributed by atoms with E-state index in [9.17, 15) is 14.4 Å². The van der Waals surface area contributed by atoms with Gasteiger partial charge in [-0.15, -0.1) is 0 Å². The van der Waals surface area contributed by atoms with Gasteiger partial charge in [0, 0.05) is 17.6 Å². The Labute approximate surface area is 167 Å². The Morgan fingerprint density at radius 3 is 2.29 bits per heavy atom. The number of benzene rings is 2. The molecule has 2 aromatic carbocycles. The molecule has 3 aliphatic heterocycles. The van der Waals surface area contributed by atoms with Crippen molar-refractivity contribution in [3.63, 3.8) is 0 Å². The number of amides is 2. The van der Waals surface area contributed by atoms with Gasteiger partial charge in [-0.05, 0) is 29.8 Å². The van der Waals surface area contributed by atoms with Gasteiger partial charge in [0.25, 0.3) is 0 Å². The summed E-state index contributed by atoms with van der Waals surface area (Å²) < 4.78 is 0. The Balaban J connectivity index is 1.53. The fourth-order valence-corrected chi connectivity index (χ4v) is 4.92. The zero-order chi connectivity index (χ0) is 19.4. The first-order valence-corrected chi connectivity index (χ1v) is 9.60. The number of para-hydroxylation sites is 1. The van der Waals surface area contributed by atoms with E-state index in [1.165, 1.54) is 11.0 Å². The standard InChI is InChI=1S/C22H17ClN2O3/c23-15-9-5-4-6-13(15)12-24-16-10-11-17(26)20(24)19-18(16)21(27)25(22(19)28)14-7-2-1-3-8-14/h1-11,16,18-20H,12H2. The minimum absolute atomic E-state index is 0.133. The molecule has 0 saturated carbocycles. The van der Waals surface area contributed by atoms with Gasteiger partial charge in [0.1, 0.15) is 0 Å². The van der Waals surface area contributed by atoms with Gasteiger partial charge in [-0.1, -0.05) is 54.1 Å². The SMILES string of the molecule is O=C1C=CC2C3C(=O)N(c4ccccc4)C(=O)C3C1N2Cc1ccccc1Cl. The lowest BCUT2D eigenvalue weighted by molar-refractivity contribution is -0.129. The van der Waals surface area contributed by atoms with Crippen LogP contribution in [-0.2, 0) is 20.9 Å². The van der Waals surface area contributed by atoms with E-state index < -0.39 is 17.9 Å². The van der Waals surface area contributed by atoms with Gasteiger partial charge in [0.15, 0.2) is 5.78 Å². The largest absolute Gasteiger partial charge is 0.293 e. The third-order valence-corrected chi connectivity index (χ3v) is 6.29. The van der Waals surface area contributed by atoms with Gasteiger partial charge in [0.05, 0.1) is 23.6 Å². The summed E-state index contributed by atoms with van der Waals surface area (Å²) in [5.41, 5.74) is 1.43. The lowest BCUT2D eigenvalue weighted by Crippen LogP contribution is -2.48. The highest BCUT2D eigenvalue weighted by molar-refractivity contribution is 6.31. The monoisotopic (exact) mass is 392 g/mol. The van der Waals surface area contributed by atoms with Crippen LogP contribution in [0.15, 0.2) is 66.7 Å². The molecule has 28 heavy (non-hydrogen) atoms. The van der Waals surface area contributed by atoms with Gasteiger partial charge in [-0.2, -0.15) is 0 Å². The molecule has 5 nitrogen and oxygen atoms in total. The zero-order valence-electron chi connectivity index (χ0n) is 14.9. The molecule has 0 spiro atoms. The van der Waals surface area contributed by atoms with Crippen LogP contribution in [0.2, 0.25) is 5.02 Å². The average Bonchev–Trinajstić information content (AvgIpc) is 3.08. The molecule has 5 rings (SSSR count). The van der Waals surface area contributed by atoms with Gasteiger partial charge >= 0.3 is 0 Å². The quantitative estimate of drug-likeness (QED) is 0.754. The van der Waals surface area contributed by atoms with Crippen molar-refractivity contribution in [1.82, 2.24) is 4.90 Å². The third-order valence-electron chi connectivity index (χ3n) is 5.92. The van der Waals surface area contributed by atoms with Gasteiger partial charge < -0.3 is 0 Å². The van der Waals surface area contributed by atoms with Crippen molar-refractivity contribution in [1.29, 1.82) is 0 Å². The molecule has 140 valence electrons. The summed E-state index contributed by atoms with van der Waals surface area (Å²) in [6, 6.07) is 15.4. The minimum Gasteiger partial charge on any atom is -0.293 e. The fourth-order valence-electron chi connectivity index (χ4n) is 4.72. The highest BCUT2D eigenvalue weighted by Crippen LogP contribution is 2.47. The molecular weight excluding hydrogens is 376 g/mol. The predicted molar refractivity (Wildman–Crippen MR) is 105 cm³/mol. The number of ketones is 1. The number of nitrogens with zero attached hydrogens (tertiary/aromatic N) is 2. The van der Waals surface area contributed by atoms with Crippen LogP contribution in [0.25, 0.3) is 0 Å². The highest BCUT2D eigenvalue weighted by Gasteiger charge is 2.64. The molecule has 4 unspecified atom stereocenters. The summed E-state index contributed by atoms with van der Waals surface area (Å²) in [7, 11) is 0. The van der Waals surface area contributed by atoms with E-state index in [2.05, 4.69) is 0 Å². The molecular formula is C22H17ClN2O3. The summed E-state index contributed by atoms with van der Waals surface area (Å²) in [4.78, 5) is 42.4. The van der Waals surface area contributed by atoms with Gasteiger partial charge in [-0.3, -0.25) is 19.3 Å². The van der Waals surface area contributed by atoms with Crippen LogP contribution >= 0.6 is 11.6 Å². The van der Waals surface area contributed by atoms with Crippen LogP contribution in [0.4, 0.5) is 5.69 Å². The van der Waals surface area contributed by atoms with Crippen molar-refractivity contribution >= 4 is 34.9 Å². The molecule has 0 radical (unpaired) electrons. The van der Waals surface area contributed by atoms with E-state index in [4.69, 9.17) is 11.6 Å². The van der Waals surface area contributed by atoms with Gasteiger partial charge in [0.2, 0.25) is 11.8 Å². The summed E-state index contributed by atoms with van der Waals surface area (Å²) in [6.45, 7) is 0.421. The van der Waals surface area contributed by atoms with Crippen molar-refractivity contribution < 1.29 is 14.4 Å². The van der Waals surface area contributed by atoms with Crippen molar-refractivity contribution in [2.24, 2.45) is 11.8 Å². The first-order valence-electron chi connectivity index (χ1n) is 9.22. The fraction of sp³-hybridized carbons (Fsp3) is 0.227. The maximum absolute atomic E-state index is 13.2. The first-order chi connectivity index (χ1) is 13.6. The van der Waals surface area contributed by atoms with E-state index in [1.54, 1.807) is 36.4 Å². The molecule has 3 aliphatic rings. The van der Waals surface area contributed by atoms with Crippen LogP contribution in [0.1, 0.15) is 5.56 Å². The summed E-state index contributed by atoms with van der Waals surface area (Å²) in [5.74, 6) is -1.88. The molecule has 2 fully saturated rings. The zero-order valence-corrected chi connectivity index (χ0v) is 15.6. The lowest BCUT2D eigenvalue weighted by Gasteiger charge is -2.33. The number of fused-ring (bicyclic) bond motifs is 5. The summed E-state index contributed by atoms with van der Waals surface area (Å²) in [6.07, 6.45) is 3.28. The molecule has 2 aromatic rings. The second-order valence-electron chi connectivity index (χ2n) is 7.36. The Morgan fingerprint density at radius 2 is 1.54 bits per heavy atom. The molecule has 0 aromatic heterocycles. The summed E-state index contributed by atoms with van der Waals surface area (Å²) >= 11 is 6.31. The molecule has 2 bridgehead atoms. The molecule has 0 aliphatic carbocycles.